The molecule has 7 nitrogen and oxygen atoms in total. The Hall–Kier alpha value is -2.35. The van der Waals surface area contributed by atoms with E-state index in [4.69, 9.17) is 20.8 Å². The first-order valence-corrected chi connectivity index (χ1v) is 5.89. The lowest BCUT2D eigenvalue weighted by atomic mass is 10.1. The number of phenolic OH excluding ortho intramolecular Hbond substituents is 1. The first-order chi connectivity index (χ1) is 9.52. The standard InChI is InChI=1S/C12H14FN3O4/c13-9-5-7(17)1-2-8(9)12(18)16-3-4-20-10(6-16)11(14)15-19/h1-2,5,10,17,19H,3-4,6H2,(H2,14,15). The number of nitrogens with zero attached hydrogens (tertiary/aromatic N) is 2. The van der Waals surface area contributed by atoms with Gasteiger partial charge in [0.15, 0.2) is 5.84 Å². The number of amides is 1. The highest BCUT2D eigenvalue weighted by Crippen LogP contribution is 2.18. The molecule has 1 aliphatic rings. The minimum atomic E-state index is -0.804. The molecule has 8 heteroatoms. The van der Waals surface area contributed by atoms with Gasteiger partial charge in [0.1, 0.15) is 17.7 Å². The smallest absolute Gasteiger partial charge is 0.257 e. The zero-order valence-corrected chi connectivity index (χ0v) is 10.5. The minimum absolute atomic E-state index is 0.0645. The van der Waals surface area contributed by atoms with Gasteiger partial charge in [-0.05, 0) is 12.1 Å². The number of hydrogen-bond acceptors (Lipinski definition) is 5. The molecule has 108 valence electrons. The summed E-state index contributed by atoms with van der Waals surface area (Å²) in [6.07, 6.45) is -0.724. The van der Waals surface area contributed by atoms with E-state index in [0.717, 1.165) is 6.07 Å². The molecule has 1 unspecified atom stereocenters. The van der Waals surface area contributed by atoms with Crippen molar-refractivity contribution in [1.29, 1.82) is 0 Å². The third kappa shape index (κ3) is 2.80. The van der Waals surface area contributed by atoms with Gasteiger partial charge in [-0.25, -0.2) is 4.39 Å². The molecule has 1 aromatic carbocycles. The van der Waals surface area contributed by atoms with Crippen molar-refractivity contribution in [2.45, 2.75) is 6.10 Å². The van der Waals surface area contributed by atoms with Gasteiger partial charge in [0.05, 0.1) is 18.7 Å². The molecule has 2 rings (SSSR count). The number of morpholine rings is 1. The lowest BCUT2D eigenvalue weighted by Gasteiger charge is -2.32. The number of amidine groups is 1. The van der Waals surface area contributed by atoms with Crippen LogP contribution in [0.2, 0.25) is 0 Å². The third-order valence-corrected chi connectivity index (χ3v) is 2.98. The van der Waals surface area contributed by atoms with Crippen molar-refractivity contribution in [3.63, 3.8) is 0 Å². The molecule has 1 saturated heterocycles. The van der Waals surface area contributed by atoms with Gasteiger partial charge >= 0.3 is 0 Å². The summed E-state index contributed by atoms with van der Waals surface area (Å²) in [5.74, 6) is -1.74. The maximum atomic E-state index is 13.7. The number of ether oxygens (including phenoxy) is 1. The first kappa shape index (κ1) is 14.1. The Kier molecular flexibility index (Phi) is 4.04. The number of nitrogens with two attached hydrogens (primary N) is 1. The van der Waals surface area contributed by atoms with Crippen molar-refractivity contribution >= 4 is 11.7 Å². The highest BCUT2D eigenvalue weighted by Gasteiger charge is 2.28. The highest BCUT2D eigenvalue weighted by atomic mass is 19.1. The van der Waals surface area contributed by atoms with Crippen LogP contribution in [0.3, 0.4) is 0 Å². The van der Waals surface area contributed by atoms with Crippen molar-refractivity contribution in [2.75, 3.05) is 19.7 Å². The van der Waals surface area contributed by atoms with Gasteiger partial charge in [0.25, 0.3) is 5.91 Å². The van der Waals surface area contributed by atoms with E-state index >= 15 is 0 Å². The lowest BCUT2D eigenvalue weighted by molar-refractivity contribution is 0.00654. The molecular weight excluding hydrogens is 269 g/mol. The van der Waals surface area contributed by atoms with E-state index < -0.39 is 17.8 Å². The van der Waals surface area contributed by atoms with Crippen molar-refractivity contribution < 1.29 is 24.2 Å². The van der Waals surface area contributed by atoms with E-state index in [1.807, 2.05) is 0 Å². The SMILES string of the molecule is N/C(=N/O)C1CN(C(=O)c2ccc(O)cc2F)CCO1. The Balaban J connectivity index is 2.16. The Morgan fingerprint density at radius 1 is 1.55 bits per heavy atom. The number of carbonyl (C=O) groups excluding carboxylic acids is 1. The summed E-state index contributed by atoms with van der Waals surface area (Å²) in [5.41, 5.74) is 5.28. The summed E-state index contributed by atoms with van der Waals surface area (Å²) < 4.78 is 18.9. The molecule has 1 atom stereocenters. The van der Waals surface area contributed by atoms with Crippen LogP contribution in [0.1, 0.15) is 10.4 Å². The molecule has 0 radical (unpaired) electrons. The summed E-state index contributed by atoms with van der Waals surface area (Å²) in [6.45, 7) is 0.537. The fraction of sp³-hybridized carbons (Fsp3) is 0.333. The molecule has 0 saturated carbocycles. The predicted molar refractivity (Wildman–Crippen MR) is 67.1 cm³/mol. The van der Waals surface area contributed by atoms with E-state index in [1.165, 1.54) is 17.0 Å². The molecule has 1 aromatic rings. The predicted octanol–water partition coefficient (Wildman–Crippen LogP) is 0.119. The summed E-state index contributed by atoms with van der Waals surface area (Å²) in [7, 11) is 0. The number of halogens is 1. The fourth-order valence-electron chi connectivity index (χ4n) is 1.92. The maximum Gasteiger partial charge on any atom is 0.257 e. The second-order valence-electron chi connectivity index (χ2n) is 4.30. The largest absolute Gasteiger partial charge is 0.508 e. The van der Waals surface area contributed by atoms with Crippen LogP contribution in [0.25, 0.3) is 0 Å². The van der Waals surface area contributed by atoms with Crippen LogP contribution in [-0.2, 0) is 4.74 Å². The average Bonchev–Trinajstić information content (AvgIpc) is 2.46. The Morgan fingerprint density at radius 2 is 2.30 bits per heavy atom. The molecule has 4 N–H and O–H groups in total. The molecule has 1 heterocycles. The second kappa shape index (κ2) is 5.74. The number of oxime groups is 1. The van der Waals surface area contributed by atoms with Gasteiger partial charge in [-0.15, -0.1) is 0 Å². The molecule has 1 fully saturated rings. The number of benzene rings is 1. The van der Waals surface area contributed by atoms with Gasteiger partial charge in [-0.2, -0.15) is 0 Å². The van der Waals surface area contributed by atoms with E-state index in [0.29, 0.717) is 0 Å². The van der Waals surface area contributed by atoms with Crippen molar-refractivity contribution in [3.8, 4) is 5.75 Å². The molecular formula is C12H14FN3O4. The van der Waals surface area contributed by atoms with Crippen LogP contribution >= 0.6 is 0 Å². The monoisotopic (exact) mass is 283 g/mol. The van der Waals surface area contributed by atoms with E-state index in [2.05, 4.69) is 5.16 Å². The molecule has 20 heavy (non-hydrogen) atoms. The number of phenols is 1. The quantitative estimate of drug-likeness (QED) is 0.309. The second-order valence-corrected chi connectivity index (χ2v) is 4.30. The Morgan fingerprint density at radius 3 is 2.95 bits per heavy atom. The molecule has 0 bridgehead atoms. The van der Waals surface area contributed by atoms with Crippen molar-refractivity contribution in [3.05, 3.63) is 29.6 Å². The average molecular weight is 283 g/mol. The first-order valence-electron chi connectivity index (χ1n) is 5.89. The maximum absolute atomic E-state index is 13.7. The summed E-state index contributed by atoms with van der Waals surface area (Å²) in [5, 5.41) is 20.6. The lowest BCUT2D eigenvalue weighted by Crippen LogP contribution is -2.50. The molecule has 0 aliphatic carbocycles. The van der Waals surface area contributed by atoms with Crippen LogP contribution in [0.4, 0.5) is 4.39 Å². The van der Waals surface area contributed by atoms with E-state index in [9.17, 15) is 9.18 Å². The van der Waals surface area contributed by atoms with Crippen LogP contribution in [-0.4, -0.2) is 52.8 Å². The molecule has 1 amide bonds. The fourth-order valence-corrected chi connectivity index (χ4v) is 1.92. The van der Waals surface area contributed by atoms with Gasteiger partial charge in [-0.3, -0.25) is 4.79 Å². The van der Waals surface area contributed by atoms with Crippen molar-refractivity contribution in [2.24, 2.45) is 10.9 Å². The summed E-state index contributed by atoms with van der Waals surface area (Å²) >= 11 is 0. The Bertz CT molecular complexity index is 550. The highest BCUT2D eigenvalue weighted by molar-refractivity contribution is 5.95. The number of rotatable bonds is 2. The van der Waals surface area contributed by atoms with Crippen LogP contribution < -0.4 is 5.73 Å². The number of aromatic hydroxyl groups is 1. The zero-order valence-electron chi connectivity index (χ0n) is 10.5. The van der Waals surface area contributed by atoms with Gasteiger partial charge in [0.2, 0.25) is 0 Å². The van der Waals surface area contributed by atoms with E-state index in [-0.39, 0.29) is 36.8 Å². The van der Waals surface area contributed by atoms with Crippen LogP contribution in [0.15, 0.2) is 23.4 Å². The zero-order chi connectivity index (χ0) is 14.7. The minimum Gasteiger partial charge on any atom is -0.508 e. The summed E-state index contributed by atoms with van der Waals surface area (Å²) in [6, 6.07) is 3.31. The molecule has 1 aliphatic heterocycles. The normalized spacial score (nSPS) is 19.9. The number of carbonyl (C=O) groups is 1. The molecule has 0 aromatic heterocycles. The van der Waals surface area contributed by atoms with Gasteiger partial charge in [-0.1, -0.05) is 5.16 Å². The van der Waals surface area contributed by atoms with Crippen LogP contribution in [0.5, 0.6) is 5.75 Å². The molecule has 0 spiro atoms. The van der Waals surface area contributed by atoms with E-state index in [1.54, 1.807) is 0 Å². The van der Waals surface area contributed by atoms with Gasteiger partial charge < -0.3 is 25.7 Å². The third-order valence-electron chi connectivity index (χ3n) is 2.98. The summed E-state index contributed by atoms with van der Waals surface area (Å²) in [4.78, 5) is 13.5. The van der Waals surface area contributed by atoms with Crippen molar-refractivity contribution in [1.82, 2.24) is 4.90 Å². The number of hydrogen-bond donors (Lipinski definition) is 3. The topological polar surface area (TPSA) is 108 Å². The Labute approximate surface area is 114 Å². The van der Waals surface area contributed by atoms with Gasteiger partial charge in [0, 0.05) is 12.6 Å². The van der Waals surface area contributed by atoms with Crippen LogP contribution in [0, 0.1) is 5.82 Å².